The van der Waals surface area contributed by atoms with E-state index >= 15 is 0 Å². The number of methoxy groups -OCH3 is 1. The summed E-state index contributed by atoms with van der Waals surface area (Å²) >= 11 is 11.8. The topological polar surface area (TPSA) is 9.23 Å². The van der Waals surface area contributed by atoms with Crippen molar-refractivity contribution in [3.8, 4) is 0 Å². The Morgan fingerprint density at radius 3 is 2.47 bits per heavy atom. The molecule has 0 heterocycles. The molecule has 0 radical (unpaired) electrons. The number of alkyl halides is 2. The van der Waals surface area contributed by atoms with Gasteiger partial charge >= 0.3 is 0 Å². The molecule has 0 saturated carbocycles. The maximum atomic E-state index is 13.1. The average Bonchev–Trinajstić information content (AvgIpc) is 2.26. The van der Waals surface area contributed by atoms with Crippen molar-refractivity contribution in [3.05, 3.63) is 35.6 Å². The predicted octanol–water partition coefficient (Wildman–Crippen LogP) is 3.19. The molecule has 84 valence electrons. The maximum Gasteiger partial charge on any atom is 0.123 e. The van der Waals surface area contributed by atoms with E-state index in [1.807, 2.05) is 6.07 Å². The van der Waals surface area contributed by atoms with Crippen LogP contribution in [0.2, 0.25) is 0 Å². The highest BCUT2D eigenvalue weighted by Gasteiger charge is 2.31. The fraction of sp³-hybridized carbons (Fsp3) is 0.455. The lowest BCUT2D eigenvalue weighted by Crippen LogP contribution is -2.35. The molecular formula is C11H13Cl2FO. The largest absolute Gasteiger partial charge is 0.384 e. The summed E-state index contributed by atoms with van der Waals surface area (Å²) < 4.78 is 18.2. The normalized spacial score (nSPS) is 11.7. The molecule has 4 heteroatoms. The van der Waals surface area contributed by atoms with Crippen LogP contribution in [0.5, 0.6) is 0 Å². The minimum absolute atomic E-state index is 0.289. The molecule has 0 atom stereocenters. The minimum Gasteiger partial charge on any atom is -0.384 e. The third kappa shape index (κ3) is 2.83. The number of hydrogen-bond donors (Lipinski definition) is 0. The van der Waals surface area contributed by atoms with Crippen LogP contribution in [-0.2, 0) is 10.2 Å². The van der Waals surface area contributed by atoms with E-state index in [0.717, 1.165) is 5.56 Å². The van der Waals surface area contributed by atoms with Crippen molar-refractivity contribution in [1.82, 2.24) is 0 Å². The van der Waals surface area contributed by atoms with Crippen molar-refractivity contribution < 1.29 is 9.13 Å². The Kier molecular flexibility index (Phi) is 4.84. The van der Waals surface area contributed by atoms with Gasteiger partial charge in [0, 0.05) is 24.3 Å². The lowest BCUT2D eigenvalue weighted by molar-refractivity contribution is 0.149. The number of benzene rings is 1. The highest BCUT2D eigenvalue weighted by atomic mass is 35.5. The molecule has 0 bridgehead atoms. The molecule has 0 spiro atoms. The Balaban J connectivity index is 3.07. The first-order chi connectivity index (χ1) is 7.18. The molecular weight excluding hydrogens is 238 g/mol. The molecule has 1 aromatic rings. The summed E-state index contributed by atoms with van der Waals surface area (Å²) in [5, 5.41) is 0. The molecule has 0 amide bonds. The van der Waals surface area contributed by atoms with Crippen molar-refractivity contribution >= 4 is 23.2 Å². The summed E-state index contributed by atoms with van der Waals surface area (Å²) in [5.41, 5.74) is 0.259. The van der Waals surface area contributed by atoms with Crippen LogP contribution in [0.15, 0.2) is 24.3 Å². The fourth-order valence-electron chi connectivity index (χ4n) is 1.45. The van der Waals surface area contributed by atoms with E-state index in [-0.39, 0.29) is 5.82 Å². The second kappa shape index (κ2) is 5.69. The highest BCUT2D eigenvalue weighted by molar-refractivity contribution is 6.22. The van der Waals surface area contributed by atoms with Crippen molar-refractivity contribution in [2.24, 2.45) is 0 Å². The molecule has 0 aliphatic rings. The van der Waals surface area contributed by atoms with Crippen LogP contribution in [0.25, 0.3) is 0 Å². The zero-order valence-corrected chi connectivity index (χ0v) is 9.98. The number of halogens is 3. The van der Waals surface area contributed by atoms with Crippen LogP contribution in [0, 0.1) is 5.82 Å². The Morgan fingerprint density at radius 2 is 2.00 bits per heavy atom. The predicted molar refractivity (Wildman–Crippen MR) is 61.4 cm³/mol. The molecule has 1 aromatic carbocycles. The van der Waals surface area contributed by atoms with E-state index < -0.39 is 5.41 Å². The van der Waals surface area contributed by atoms with E-state index in [1.54, 1.807) is 13.2 Å². The van der Waals surface area contributed by atoms with Crippen molar-refractivity contribution in [1.29, 1.82) is 0 Å². The van der Waals surface area contributed by atoms with E-state index in [1.165, 1.54) is 12.1 Å². The Bertz CT molecular complexity index is 313. The second-order valence-corrected chi connectivity index (χ2v) is 4.03. The molecule has 1 rings (SSSR count). The van der Waals surface area contributed by atoms with Crippen LogP contribution >= 0.6 is 23.2 Å². The van der Waals surface area contributed by atoms with Crippen LogP contribution in [0.4, 0.5) is 4.39 Å². The summed E-state index contributed by atoms with van der Waals surface area (Å²) in [5.74, 6) is 0.310. The lowest BCUT2D eigenvalue weighted by atomic mass is 9.85. The summed E-state index contributed by atoms with van der Waals surface area (Å²) in [7, 11) is 1.58. The van der Waals surface area contributed by atoms with Gasteiger partial charge in [-0.05, 0) is 17.7 Å². The Hall–Kier alpha value is -0.310. The number of ether oxygens (including phenoxy) is 1. The second-order valence-electron chi connectivity index (χ2n) is 3.49. The number of rotatable bonds is 5. The Morgan fingerprint density at radius 1 is 1.33 bits per heavy atom. The van der Waals surface area contributed by atoms with Crippen molar-refractivity contribution in [2.45, 2.75) is 5.41 Å². The van der Waals surface area contributed by atoms with Crippen LogP contribution < -0.4 is 0 Å². The quantitative estimate of drug-likeness (QED) is 0.730. The molecule has 0 fully saturated rings. The average molecular weight is 251 g/mol. The molecule has 0 aliphatic heterocycles. The highest BCUT2D eigenvalue weighted by Crippen LogP contribution is 2.28. The lowest BCUT2D eigenvalue weighted by Gasteiger charge is -2.29. The van der Waals surface area contributed by atoms with Gasteiger partial charge in [-0.25, -0.2) is 4.39 Å². The summed E-state index contributed by atoms with van der Waals surface area (Å²) in [6.07, 6.45) is 0. The zero-order chi connectivity index (χ0) is 11.3. The van der Waals surface area contributed by atoms with Gasteiger partial charge in [-0.3, -0.25) is 0 Å². The SMILES string of the molecule is COCC(CCl)(CCl)c1cccc(F)c1. The standard InChI is InChI=1S/C11H13Cl2FO/c1-15-8-11(6-12,7-13)9-3-2-4-10(14)5-9/h2-5H,6-8H2,1H3. The molecule has 0 aromatic heterocycles. The van der Waals surface area contributed by atoms with Crippen molar-refractivity contribution in [2.75, 3.05) is 25.5 Å². The van der Waals surface area contributed by atoms with Crippen molar-refractivity contribution in [3.63, 3.8) is 0 Å². The first-order valence-corrected chi connectivity index (χ1v) is 5.62. The molecule has 1 nitrogen and oxygen atoms in total. The smallest absolute Gasteiger partial charge is 0.123 e. The van der Waals surface area contributed by atoms with Gasteiger partial charge in [-0.2, -0.15) is 0 Å². The van der Waals surface area contributed by atoms with E-state index in [2.05, 4.69) is 0 Å². The monoisotopic (exact) mass is 250 g/mol. The van der Waals surface area contributed by atoms with Gasteiger partial charge in [0.25, 0.3) is 0 Å². The fourth-order valence-corrected chi connectivity index (χ4v) is 2.19. The molecule has 15 heavy (non-hydrogen) atoms. The van der Waals surface area contributed by atoms with Crippen LogP contribution in [0.1, 0.15) is 5.56 Å². The summed E-state index contributed by atoms with van der Waals surface area (Å²) in [4.78, 5) is 0. The molecule has 0 N–H and O–H groups in total. The van der Waals surface area contributed by atoms with Crippen LogP contribution in [0.3, 0.4) is 0 Å². The van der Waals surface area contributed by atoms with E-state index in [4.69, 9.17) is 27.9 Å². The first-order valence-electron chi connectivity index (χ1n) is 4.55. The third-order valence-electron chi connectivity index (χ3n) is 2.37. The van der Waals surface area contributed by atoms with Gasteiger partial charge in [0.1, 0.15) is 5.82 Å². The van der Waals surface area contributed by atoms with E-state index in [0.29, 0.717) is 18.4 Å². The Labute approximate surface area is 99.1 Å². The number of hydrogen-bond acceptors (Lipinski definition) is 1. The van der Waals surface area contributed by atoms with Gasteiger partial charge in [0.05, 0.1) is 6.61 Å². The molecule has 0 unspecified atom stereocenters. The third-order valence-corrected chi connectivity index (χ3v) is 3.39. The molecule has 0 saturated heterocycles. The summed E-state index contributed by atoms with van der Waals surface area (Å²) in [6.45, 7) is 0.378. The maximum absolute atomic E-state index is 13.1. The van der Waals surface area contributed by atoms with Gasteiger partial charge in [-0.1, -0.05) is 12.1 Å². The molecule has 0 aliphatic carbocycles. The zero-order valence-electron chi connectivity index (χ0n) is 8.47. The van der Waals surface area contributed by atoms with Crippen LogP contribution in [-0.4, -0.2) is 25.5 Å². The van der Waals surface area contributed by atoms with Gasteiger partial charge in [0.2, 0.25) is 0 Å². The van der Waals surface area contributed by atoms with Gasteiger partial charge in [-0.15, -0.1) is 23.2 Å². The van der Waals surface area contributed by atoms with Gasteiger partial charge in [0.15, 0.2) is 0 Å². The first kappa shape index (κ1) is 12.8. The van der Waals surface area contributed by atoms with E-state index in [9.17, 15) is 4.39 Å². The minimum atomic E-state index is -0.514. The van der Waals surface area contributed by atoms with Gasteiger partial charge < -0.3 is 4.74 Å². The summed E-state index contributed by atoms with van der Waals surface area (Å²) in [6, 6.07) is 6.30.